The predicted octanol–water partition coefficient (Wildman–Crippen LogP) is 24.3. The molecule has 1 amide bonds. The number of aromatic carboxylic acids is 1. The van der Waals surface area contributed by atoms with Crippen LogP contribution in [-0.4, -0.2) is 74.0 Å². The third-order valence-corrected chi connectivity index (χ3v) is 18.5. The number of benzene rings is 12. The first-order chi connectivity index (χ1) is 52.0. The normalized spacial score (nSPS) is 11.0. The van der Waals surface area contributed by atoms with E-state index in [-0.39, 0.29) is 47.7 Å². The summed E-state index contributed by atoms with van der Waals surface area (Å²) in [5.74, 6) is 0.141. The van der Waals surface area contributed by atoms with Gasteiger partial charge in [-0.1, -0.05) is 238 Å². The van der Waals surface area contributed by atoms with Crippen molar-refractivity contribution in [1.29, 1.82) is 0 Å². The number of carboxylic acids is 1. The first kappa shape index (κ1) is 83.5. The highest BCUT2D eigenvalue weighted by atomic mass is 35.5. The molecule has 558 valence electrons. The van der Waals surface area contributed by atoms with Crippen LogP contribution in [0.3, 0.4) is 0 Å². The molecule has 12 aromatic carbocycles. The number of nitrogens with one attached hydrogen (secondary N) is 3. The second kappa shape index (κ2) is 41.8. The number of amides is 1. The smallest absolute Gasteiger partial charge is 0.339 e. The minimum absolute atomic E-state index is 0.00708. The number of nitrogens with two attached hydrogens (primary N) is 1. The fraction of sp³-hybridized carbons (Fsp3) is 0.129. The second-order valence-corrected chi connectivity index (χ2v) is 27.0. The number of carboxylic acid groups (broad SMARTS) is 1. The number of hydrogen-bond donors (Lipinski definition) is 8. The van der Waals surface area contributed by atoms with Crippen LogP contribution >= 0.6 is 92.8 Å². The maximum absolute atomic E-state index is 12.6. The van der Waals surface area contributed by atoms with Gasteiger partial charge in [-0.05, 0) is 172 Å². The molecule has 1 aliphatic rings. The molecule has 0 unspecified atom stereocenters. The lowest BCUT2D eigenvalue weighted by Gasteiger charge is -2.15. The summed E-state index contributed by atoms with van der Waals surface area (Å²) in [6.45, 7) is 4.97. The van der Waals surface area contributed by atoms with Crippen molar-refractivity contribution in [2.45, 2.75) is 32.9 Å². The van der Waals surface area contributed by atoms with E-state index in [0.29, 0.717) is 56.6 Å². The number of aromatic hydroxyl groups is 3. The van der Waals surface area contributed by atoms with Crippen molar-refractivity contribution in [2.24, 2.45) is 0 Å². The molecule has 108 heavy (non-hydrogen) atoms. The summed E-state index contributed by atoms with van der Waals surface area (Å²) in [5, 5.41) is 49.7. The summed E-state index contributed by atoms with van der Waals surface area (Å²) >= 11 is 47.2. The van der Waals surface area contributed by atoms with Crippen LogP contribution in [0.1, 0.15) is 50.2 Å². The molecule has 12 aromatic rings. The highest BCUT2D eigenvalue weighted by Crippen LogP contribution is 2.39. The molecule has 0 spiro atoms. The molecular weight excluding hydrogens is 1540 g/mol. The molecule has 0 aliphatic carbocycles. The number of hydrogen-bond acceptors (Lipinski definition) is 13. The van der Waals surface area contributed by atoms with Crippen molar-refractivity contribution in [3.8, 4) is 84.8 Å². The van der Waals surface area contributed by atoms with Crippen LogP contribution in [0, 0.1) is 6.92 Å². The molecule has 0 atom stereocenters. The van der Waals surface area contributed by atoms with Crippen LogP contribution in [0.15, 0.2) is 243 Å². The summed E-state index contributed by atoms with van der Waals surface area (Å²) < 4.78 is 26.3. The first-order valence-corrected chi connectivity index (χ1v) is 36.3. The van der Waals surface area contributed by atoms with Gasteiger partial charge in [-0.2, -0.15) is 0 Å². The van der Waals surface area contributed by atoms with E-state index in [1.54, 1.807) is 45.6 Å². The molecule has 1 fully saturated rings. The standard InChI is InChI=1S/C21H19Cl2NO.C20H15Cl2NO3.C20H17Cl2NO2.C13H13NO.C7H4Cl2O3.C4H8O/c1-14-17(10-18(22)12-19(14)23)13-24-20-11-16(8-9-21(20)25-2)15-6-4-3-5-7-15;1-26-18-8-7-13(12-5-3-2-4-6-12)9-17(18)23-20(25)15-10-14(21)11-16(22)19(15)24;1-25-19-8-7-14(13-5-3-2-4-6-13)10-18(19)23-12-15-9-16(21)11-17(22)20(15)24;1-15-13-8-7-11(9-12(13)14)10-5-3-2-4-6-10;8-3-1-4(7(11)12)6(10)5(9)2-3;1-2-4-5-3-1/h3-12,24H,13H2,1-2H3;2-11,24H,1H3,(H,23,25);2-11,23-24H,12H2,1H3;2-9H,14H2,1H3;1-2,10H,(H,11,12);1-4H2. The van der Waals surface area contributed by atoms with E-state index in [9.17, 15) is 19.8 Å². The van der Waals surface area contributed by atoms with Gasteiger partial charge in [0.1, 0.15) is 45.8 Å². The molecule has 13 rings (SSSR count). The highest BCUT2D eigenvalue weighted by molar-refractivity contribution is 6.38. The molecule has 0 bridgehead atoms. The van der Waals surface area contributed by atoms with Gasteiger partial charge in [-0.15, -0.1) is 0 Å². The molecule has 15 nitrogen and oxygen atoms in total. The van der Waals surface area contributed by atoms with E-state index in [4.69, 9.17) is 132 Å². The van der Waals surface area contributed by atoms with E-state index < -0.39 is 17.6 Å². The molecule has 1 heterocycles. The number of phenolic OH excluding ortho intramolecular Hbond substituents is 2. The topological polar surface area (TPSA) is 223 Å². The zero-order valence-electron chi connectivity index (χ0n) is 59.1. The van der Waals surface area contributed by atoms with E-state index >= 15 is 0 Å². The van der Waals surface area contributed by atoms with Crippen LogP contribution in [0.25, 0.3) is 44.5 Å². The maximum atomic E-state index is 12.6. The van der Waals surface area contributed by atoms with Crippen LogP contribution in [0.2, 0.25) is 40.2 Å². The molecular formula is C85H76Cl8N4O11. The van der Waals surface area contributed by atoms with Crippen LogP contribution in [0.5, 0.6) is 40.2 Å². The quantitative estimate of drug-likeness (QED) is 0.0397. The fourth-order valence-electron chi connectivity index (χ4n) is 10.7. The van der Waals surface area contributed by atoms with Gasteiger partial charge in [0, 0.05) is 57.0 Å². The lowest BCUT2D eigenvalue weighted by atomic mass is 10.0. The number of carbonyl (C=O) groups excluding carboxylic acids is 1. The van der Waals surface area contributed by atoms with Crippen molar-refractivity contribution in [2.75, 3.05) is 63.3 Å². The Morgan fingerprint density at radius 2 is 0.722 bits per heavy atom. The molecule has 0 aromatic heterocycles. The molecule has 0 radical (unpaired) electrons. The number of carbonyl (C=O) groups is 2. The Morgan fingerprint density at radius 3 is 1.11 bits per heavy atom. The Morgan fingerprint density at radius 1 is 0.389 bits per heavy atom. The summed E-state index contributed by atoms with van der Waals surface area (Å²) in [7, 11) is 6.43. The van der Waals surface area contributed by atoms with E-state index in [0.717, 1.165) is 97.8 Å². The minimum Gasteiger partial charge on any atom is -0.506 e. The number of ether oxygens (including phenoxy) is 5. The molecule has 23 heteroatoms. The predicted molar refractivity (Wildman–Crippen MR) is 443 cm³/mol. The lowest BCUT2D eigenvalue weighted by Crippen LogP contribution is -2.13. The Bertz CT molecular complexity index is 4830. The van der Waals surface area contributed by atoms with Gasteiger partial charge in [0.2, 0.25) is 0 Å². The van der Waals surface area contributed by atoms with E-state index in [1.165, 1.54) is 44.2 Å². The van der Waals surface area contributed by atoms with Gasteiger partial charge >= 0.3 is 5.97 Å². The number of rotatable bonds is 17. The van der Waals surface area contributed by atoms with Crippen molar-refractivity contribution < 1.29 is 53.7 Å². The van der Waals surface area contributed by atoms with Gasteiger partial charge < -0.3 is 65.8 Å². The van der Waals surface area contributed by atoms with Crippen molar-refractivity contribution in [1.82, 2.24) is 0 Å². The summed E-state index contributed by atoms with van der Waals surface area (Å²) in [6, 6.07) is 75.6. The van der Waals surface area contributed by atoms with Crippen LogP contribution in [-0.2, 0) is 17.8 Å². The number of nitrogen functional groups attached to an aromatic ring is 1. The van der Waals surface area contributed by atoms with Gasteiger partial charge in [0.05, 0.1) is 71.8 Å². The maximum Gasteiger partial charge on any atom is 0.339 e. The third kappa shape index (κ3) is 24.2. The van der Waals surface area contributed by atoms with Gasteiger partial charge in [-0.3, -0.25) is 4.79 Å². The lowest BCUT2D eigenvalue weighted by molar-refractivity contribution is 0.0693. The molecule has 1 saturated heterocycles. The summed E-state index contributed by atoms with van der Waals surface area (Å²) in [4.78, 5) is 23.1. The Balaban J connectivity index is 0.000000171. The van der Waals surface area contributed by atoms with Gasteiger partial charge in [0.25, 0.3) is 5.91 Å². The SMILES string of the molecule is C1CCOC1.COc1ccc(-c2ccccc2)cc1N.COc1ccc(-c2ccccc2)cc1NC(=O)c1cc(Cl)cc(Cl)c1O.COc1ccc(-c2ccccc2)cc1NCc1cc(Cl)cc(Cl)c1C.COc1ccc(-c2ccccc2)cc1NCc1cc(Cl)cc(Cl)c1O.O=C(O)c1cc(Cl)cc(Cl)c1O. The van der Waals surface area contributed by atoms with Crippen molar-refractivity contribution in [3.63, 3.8) is 0 Å². The fourth-order valence-corrected chi connectivity index (χ4v) is 12.7. The van der Waals surface area contributed by atoms with Gasteiger partial charge in [-0.25, -0.2) is 4.79 Å². The zero-order chi connectivity index (χ0) is 77.8. The zero-order valence-corrected chi connectivity index (χ0v) is 65.1. The Kier molecular flexibility index (Phi) is 32.3. The largest absolute Gasteiger partial charge is 0.506 e. The molecule has 9 N–H and O–H groups in total. The number of halogens is 8. The van der Waals surface area contributed by atoms with E-state index in [1.807, 2.05) is 159 Å². The highest BCUT2D eigenvalue weighted by Gasteiger charge is 2.19. The van der Waals surface area contributed by atoms with E-state index in [2.05, 4.69) is 52.3 Å². The Hall–Kier alpha value is -10.1. The number of methoxy groups -OCH3 is 4. The van der Waals surface area contributed by atoms with Crippen LogP contribution < -0.4 is 40.6 Å². The van der Waals surface area contributed by atoms with Gasteiger partial charge in [0.15, 0.2) is 0 Å². The third-order valence-electron chi connectivity index (χ3n) is 16.3. The molecule has 0 saturated carbocycles. The number of anilines is 4. The number of phenols is 3. The summed E-state index contributed by atoms with van der Waals surface area (Å²) in [5.41, 5.74) is 19.8. The van der Waals surface area contributed by atoms with Crippen LogP contribution in [0.4, 0.5) is 22.7 Å². The van der Waals surface area contributed by atoms with Crippen molar-refractivity contribution >= 4 is 127 Å². The molecule has 1 aliphatic heterocycles. The average Bonchev–Trinajstić information content (AvgIpc) is 0.830. The monoisotopic (exact) mass is 1610 g/mol. The first-order valence-electron chi connectivity index (χ1n) is 33.3. The second-order valence-electron chi connectivity index (χ2n) is 23.6. The summed E-state index contributed by atoms with van der Waals surface area (Å²) in [6.07, 6.45) is 2.56. The van der Waals surface area contributed by atoms with Crippen molar-refractivity contribution in [3.05, 3.63) is 311 Å². The average molecular weight is 1610 g/mol. The minimum atomic E-state index is -1.27. The Labute approximate surface area is 667 Å².